The van der Waals surface area contributed by atoms with Gasteiger partial charge >= 0.3 is 0 Å². The van der Waals surface area contributed by atoms with Gasteiger partial charge in [0.1, 0.15) is 0 Å². The second kappa shape index (κ2) is 9.24. The van der Waals surface area contributed by atoms with Gasteiger partial charge in [-0.25, -0.2) is 4.98 Å². The van der Waals surface area contributed by atoms with Crippen molar-refractivity contribution in [2.75, 3.05) is 23.3 Å². The largest absolute Gasteiger partial charge is 0.372 e. The Labute approximate surface area is 192 Å². The van der Waals surface area contributed by atoms with Crippen LogP contribution in [0.4, 0.5) is 17.3 Å². The molecular weight excluding hydrogens is 412 g/mol. The molecule has 5 rings (SSSR count). The first-order valence-electron chi connectivity index (χ1n) is 11.3. The first-order valence-corrected chi connectivity index (χ1v) is 11.3. The third-order valence-electron chi connectivity index (χ3n) is 5.96. The summed E-state index contributed by atoms with van der Waals surface area (Å²) >= 11 is 0. The van der Waals surface area contributed by atoms with Crippen molar-refractivity contribution in [2.24, 2.45) is 0 Å². The normalized spacial score (nSPS) is 13.8. The molecule has 7 nitrogen and oxygen atoms in total. The lowest BCUT2D eigenvalue weighted by Crippen LogP contribution is -2.29. The van der Waals surface area contributed by atoms with Crippen molar-refractivity contribution in [3.63, 3.8) is 0 Å². The predicted octanol–water partition coefficient (Wildman–Crippen LogP) is 5.05. The first-order chi connectivity index (χ1) is 16.2. The van der Waals surface area contributed by atoms with E-state index in [4.69, 9.17) is 4.98 Å². The van der Waals surface area contributed by atoms with E-state index in [2.05, 4.69) is 56.2 Å². The lowest BCUT2D eigenvalue weighted by molar-refractivity contribution is -0.114. The van der Waals surface area contributed by atoms with Crippen molar-refractivity contribution in [1.29, 1.82) is 0 Å². The lowest BCUT2D eigenvalue weighted by atomic mass is 10.0. The zero-order chi connectivity index (χ0) is 22.6. The molecule has 0 saturated carbocycles. The molecule has 2 aromatic carbocycles. The number of benzene rings is 2. The fraction of sp³-hybridized carbons (Fsp3) is 0.231. The minimum atomic E-state index is -0.0151. The van der Waals surface area contributed by atoms with Crippen LogP contribution < -0.4 is 10.2 Å². The van der Waals surface area contributed by atoms with Crippen molar-refractivity contribution in [3.05, 3.63) is 72.9 Å². The van der Waals surface area contributed by atoms with Gasteiger partial charge in [0.15, 0.2) is 11.4 Å². The number of allylic oxidation sites excluding steroid dienone is 1. The number of ketones is 1. The number of hydrogen-bond donors (Lipinski definition) is 2. The van der Waals surface area contributed by atoms with Gasteiger partial charge in [0, 0.05) is 36.4 Å². The van der Waals surface area contributed by atoms with Gasteiger partial charge in [0.2, 0.25) is 5.95 Å². The molecule has 1 saturated heterocycles. The number of fused-ring (bicyclic) bond motifs is 1. The van der Waals surface area contributed by atoms with E-state index in [1.165, 1.54) is 31.0 Å². The van der Waals surface area contributed by atoms with Crippen LogP contribution in [-0.2, 0) is 11.2 Å². The summed E-state index contributed by atoms with van der Waals surface area (Å²) in [6, 6.07) is 16.2. The average Bonchev–Trinajstić information content (AvgIpc) is 3.33. The summed E-state index contributed by atoms with van der Waals surface area (Å²) in [5.74, 6) is 0.471. The van der Waals surface area contributed by atoms with Crippen LogP contribution in [0.2, 0.25) is 0 Å². The van der Waals surface area contributed by atoms with Crippen LogP contribution in [0.15, 0.2) is 67.4 Å². The van der Waals surface area contributed by atoms with Crippen molar-refractivity contribution in [1.82, 2.24) is 20.2 Å². The third kappa shape index (κ3) is 4.62. The molecule has 0 bridgehead atoms. The van der Waals surface area contributed by atoms with Gasteiger partial charge in [-0.3, -0.25) is 9.89 Å². The van der Waals surface area contributed by atoms with Gasteiger partial charge in [0.25, 0.3) is 0 Å². The van der Waals surface area contributed by atoms with Crippen LogP contribution in [0.5, 0.6) is 0 Å². The van der Waals surface area contributed by atoms with E-state index in [9.17, 15) is 4.79 Å². The number of anilines is 3. The number of piperidine rings is 1. The highest BCUT2D eigenvalue weighted by Gasteiger charge is 2.14. The monoisotopic (exact) mass is 438 g/mol. The molecule has 166 valence electrons. The second-order valence-corrected chi connectivity index (χ2v) is 8.30. The van der Waals surface area contributed by atoms with E-state index in [1.807, 2.05) is 24.3 Å². The second-order valence-electron chi connectivity index (χ2n) is 8.30. The molecule has 3 heterocycles. The maximum atomic E-state index is 11.8. The highest BCUT2D eigenvalue weighted by molar-refractivity contribution is 5.93. The molecule has 1 aliphatic rings. The van der Waals surface area contributed by atoms with Crippen molar-refractivity contribution in [2.45, 2.75) is 25.7 Å². The quantitative estimate of drug-likeness (QED) is 0.393. The SMILES string of the molecule is C=CC(=O)Cc1cccc(-c2nc(Nc3ccc(N4CCCCC4)cc3)nc3[nH]ncc23)c1. The molecular formula is C26H26N6O. The highest BCUT2D eigenvalue weighted by atomic mass is 16.1. The number of aromatic nitrogens is 4. The Kier molecular flexibility index (Phi) is 5.85. The minimum absolute atomic E-state index is 0.0151. The van der Waals surface area contributed by atoms with Crippen molar-refractivity contribution < 1.29 is 4.79 Å². The molecule has 0 unspecified atom stereocenters. The van der Waals surface area contributed by atoms with Crippen molar-refractivity contribution in [3.8, 4) is 11.3 Å². The molecule has 2 aromatic heterocycles. The van der Waals surface area contributed by atoms with Crippen LogP contribution >= 0.6 is 0 Å². The molecule has 0 radical (unpaired) electrons. The number of hydrogen-bond acceptors (Lipinski definition) is 6. The molecule has 33 heavy (non-hydrogen) atoms. The van der Waals surface area contributed by atoms with Gasteiger partial charge in [-0.05, 0) is 61.2 Å². The number of rotatable bonds is 7. The molecule has 2 N–H and O–H groups in total. The number of aromatic amines is 1. The Hall–Kier alpha value is -4.00. The first kappa shape index (κ1) is 20.9. The smallest absolute Gasteiger partial charge is 0.229 e. The third-order valence-corrected chi connectivity index (χ3v) is 5.96. The van der Waals surface area contributed by atoms with Gasteiger partial charge in [-0.2, -0.15) is 10.1 Å². The van der Waals surface area contributed by atoms with E-state index in [0.29, 0.717) is 18.0 Å². The summed E-state index contributed by atoms with van der Waals surface area (Å²) in [5, 5.41) is 11.3. The fourth-order valence-electron chi connectivity index (χ4n) is 4.25. The summed E-state index contributed by atoms with van der Waals surface area (Å²) < 4.78 is 0. The molecule has 7 heteroatoms. The van der Waals surface area contributed by atoms with Crippen LogP contribution in [0.3, 0.4) is 0 Å². The summed E-state index contributed by atoms with van der Waals surface area (Å²) in [5.41, 5.74) is 5.40. The van der Waals surface area contributed by atoms with Crippen LogP contribution in [0.25, 0.3) is 22.3 Å². The number of nitrogens with one attached hydrogen (secondary N) is 2. The Morgan fingerprint density at radius 1 is 1.09 bits per heavy atom. The molecule has 0 spiro atoms. The number of carbonyl (C=O) groups is 1. The lowest BCUT2D eigenvalue weighted by Gasteiger charge is -2.28. The van der Waals surface area contributed by atoms with E-state index >= 15 is 0 Å². The number of nitrogens with zero attached hydrogens (tertiary/aromatic N) is 4. The number of H-pyrrole nitrogens is 1. The summed E-state index contributed by atoms with van der Waals surface area (Å²) in [6.07, 6.45) is 7.21. The van der Waals surface area contributed by atoms with E-state index in [-0.39, 0.29) is 5.78 Å². The molecule has 0 atom stereocenters. The van der Waals surface area contributed by atoms with Gasteiger partial charge in [0.05, 0.1) is 17.3 Å². The summed E-state index contributed by atoms with van der Waals surface area (Å²) in [6.45, 7) is 5.80. The van der Waals surface area contributed by atoms with Gasteiger partial charge < -0.3 is 10.2 Å². The highest BCUT2D eigenvalue weighted by Crippen LogP contribution is 2.29. The Morgan fingerprint density at radius 2 is 1.91 bits per heavy atom. The zero-order valence-corrected chi connectivity index (χ0v) is 18.4. The molecule has 0 amide bonds. The van der Waals surface area contributed by atoms with E-state index in [1.54, 1.807) is 6.20 Å². The van der Waals surface area contributed by atoms with E-state index in [0.717, 1.165) is 41.0 Å². The number of carbonyl (C=O) groups excluding carboxylic acids is 1. The molecule has 4 aromatic rings. The fourth-order valence-corrected chi connectivity index (χ4v) is 4.25. The van der Waals surface area contributed by atoms with Crippen LogP contribution in [0, 0.1) is 0 Å². The van der Waals surface area contributed by atoms with Crippen LogP contribution in [0.1, 0.15) is 24.8 Å². The molecule has 1 aliphatic heterocycles. The predicted molar refractivity (Wildman–Crippen MR) is 132 cm³/mol. The minimum Gasteiger partial charge on any atom is -0.372 e. The van der Waals surface area contributed by atoms with Crippen molar-refractivity contribution >= 4 is 34.1 Å². The Morgan fingerprint density at radius 3 is 2.70 bits per heavy atom. The van der Waals surface area contributed by atoms with Gasteiger partial charge in [-0.15, -0.1) is 0 Å². The zero-order valence-electron chi connectivity index (χ0n) is 18.4. The molecule has 0 aliphatic carbocycles. The summed E-state index contributed by atoms with van der Waals surface area (Å²) in [7, 11) is 0. The average molecular weight is 439 g/mol. The van der Waals surface area contributed by atoms with E-state index < -0.39 is 0 Å². The van der Waals surface area contributed by atoms with Gasteiger partial charge in [-0.1, -0.05) is 24.8 Å². The van der Waals surface area contributed by atoms with Crippen LogP contribution in [-0.4, -0.2) is 39.0 Å². The standard InChI is InChI=1S/C26H26N6O/c1-2-22(33)16-18-7-6-8-19(15-18)24-23-17-27-31-25(23)30-26(29-24)28-20-9-11-21(12-10-20)32-13-4-3-5-14-32/h2,6-12,15,17H,1,3-5,13-14,16H2,(H2,27,28,29,30,31). The Bertz CT molecular complexity index is 1290. The molecule has 1 fully saturated rings. The topological polar surface area (TPSA) is 86.8 Å². The summed E-state index contributed by atoms with van der Waals surface area (Å²) in [4.78, 5) is 23.6. The Balaban J connectivity index is 1.43. The maximum absolute atomic E-state index is 11.8. The maximum Gasteiger partial charge on any atom is 0.229 e.